The quantitative estimate of drug-likeness (QED) is 0.187. The van der Waals surface area contributed by atoms with Crippen LogP contribution in [0.2, 0.25) is 0 Å². The minimum Gasteiger partial charge on any atom is -0.463 e. The molecule has 2 rings (SSSR count). The first-order chi connectivity index (χ1) is 18.2. The van der Waals surface area contributed by atoms with E-state index in [1.54, 1.807) is 58.9 Å². The summed E-state index contributed by atoms with van der Waals surface area (Å²) >= 11 is 0. The second kappa shape index (κ2) is 18.4. The summed E-state index contributed by atoms with van der Waals surface area (Å²) in [4.78, 5) is 35.2. The Kier molecular flexibility index (Phi) is 17.6. The van der Waals surface area contributed by atoms with E-state index in [9.17, 15) is 19.5 Å². The smallest absolute Gasteiger partial charge is 0.463 e. The molecule has 0 saturated heterocycles. The van der Waals surface area contributed by atoms with Crippen molar-refractivity contribution in [3.8, 4) is 0 Å². The number of hydrogen-bond acceptors (Lipinski definition) is 8. The van der Waals surface area contributed by atoms with Crippen LogP contribution in [0.5, 0.6) is 0 Å². The predicted molar refractivity (Wildman–Crippen MR) is 162 cm³/mol. The Morgan fingerprint density at radius 3 is 1.54 bits per heavy atom. The predicted octanol–water partition coefficient (Wildman–Crippen LogP) is 7.53. The zero-order chi connectivity index (χ0) is 29.8. The Hall–Kier alpha value is -3.91. The number of esters is 2. The summed E-state index contributed by atoms with van der Waals surface area (Å²) in [6, 6.07) is 14.5. The zero-order valence-corrected chi connectivity index (χ0v) is 23.9. The van der Waals surface area contributed by atoms with Gasteiger partial charge >= 0.3 is 18.1 Å². The van der Waals surface area contributed by atoms with Crippen molar-refractivity contribution in [2.24, 2.45) is 0 Å². The molecule has 0 saturated carbocycles. The summed E-state index contributed by atoms with van der Waals surface area (Å²) in [5.74, 6) is -1.17. The summed E-state index contributed by atoms with van der Waals surface area (Å²) < 4.78 is 20.2. The molecule has 0 amide bonds. The lowest BCUT2D eigenvalue weighted by Gasteiger charge is -2.23. The number of benzene rings is 2. The summed E-state index contributed by atoms with van der Waals surface area (Å²) in [5.41, 5.74) is 2.82. The molecule has 8 nitrogen and oxygen atoms in total. The van der Waals surface area contributed by atoms with E-state index >= 15 is 0 Å². The van der Waals surface area contributed by atoms with E-state index in [1.807, 2.05) is 38.1 Å². The molecule has 0 aromatic heterocycles. The zero-order valence-electron chi connectivity index (χ0n) is 23.9. The van der Waals surface area contributed by atoms with Gasteiger partial charge in [-0.05, 0) is 59.6 Å². The van der Waals surface area contributed by atoms with E-state index in [4.69, 9.17) is 18.9 Å². The lowest BCUT2D eigenvalue weighted by atomic mass is 10.0. The van der Waals surface area contributed by atoms with Crippen LogP contribution in [0.15, 0.2) is 72.8 Å². The first-order valence-electron chi connectivity index (χ1n) is 12.6. The molecule has 0 spiro atoms. The highest BCUT2D eigenvalue weighted by molar-refractivity contribution is 5.90. The fourth-order valence-electron chi connectivity index (χ4n) is 3.07. The summed E-state index contributed by atoms with van der Waals surface area (Å²) in [7, 11) is 0. The molecule has 0 radical (unpaired) electrons. The Balaban J connectivity index is 0. The topological polar surface area (TPSA) is 108 Å². The average Bonchev–Trinajstić information content (AvgIpc) is 2.86. The molecule has 2 aromatic rings. The van der Waals surface area contributed by atoms with Crippen LogP contribution in [0.4, 0.5) is 4.79 Å². The van der Waals surface area contributed by atoms with Crippen LogP contribution in [0.25, 0.3) is 0 Å². The number of carbonyl (C=O) groups is 3. The highest BCUT2D eigenvalue weighted by Gasteiger charge is 2.28. The molecule has 1 N–H and O–H groups in total. The minimum absolute atomic E-state index is 0. The van der Waals surface area contributed by atoms with Gasteiger partial charge in [0.05, 0.1) is 24.4 Å². The van der Waals surface area contributed by atoms with Crippen molar-refractivity contribution in [1.82, 2.24) is 0 Å². The third kappa shape index (κ3) is 13.8. The van der Waals surface area contributed by atoms with Crippen LogP contribution in [0, 0.1) is 13.8 Å². The average molecular weight is 573 g/mol. The fraction of sp³-hybridized carbons (Fsp3) is 0.424. The largest absolute Gasteiger partial charge is 0.509 e. The Bertz CT molecular complexity index is 1130. The molecule has 0 heterocycles. The van der Waals surface area contributed by atoms with Crippen molar-refractivity contribution in [2.75, 3.05) is 13.2 Å². The van der Waals surface area contributed by atoms with Gasteiger partial charge in [-0.3, -0.25) is 0 Å². The number of carbonyl (C=O) groups excluding carboxylic acids is 3. The van der Waals surface area contributed by atoms with Crippen LogP contribution in [0.3, 0.4) is 0 Å². The van der Waals surface area contributed by atoms with Gasteiger partial charge in [-0.15, -0.1) is 0 Å². The van der Waals surface area contributed by atoms with Gasteiger partial charge in [0.15, 0.2) is 6.10 Å². The second-order valence-corrected chi connectivity index (χ2v) is 9.68. The van der Waals surface area contributed by atoms with E-state index in [1.165, 1.54) is 0 Å². The summed E-state index contributed by atoms with van der Waals surface area (Å²) in [5, 5.41) is 9.88. The van der Waals surface area contributed by atoms with Crippen molar-refractivity contribution < 1.29 is 38.4 Å². The molecule has 2 atom stereocenters. The molecule has 8 heteroatoms. The highest BCUT2D eigenvalue weighted by Crippen LogP contribution is 2.27. The minimum atomic E-state index is -1.00. The van der Waals surface area contributed by atoms with Crippen molar-refractivity contribution in [2.45, 2.75) is 81.1 Å². The van der Waals surface area contributed by atoms with Crippen molar-refractivity contribution in [3.05, 3.63) is 95.1 Å². The van der Waals surface area contributed by atoms with E-state index in [-0.39, 0.29) is 39.2 Å². The highest BCUT2D eigenvalue weighted by atomic mass is 16.7. The van der Waals surface area contributed by atoms with Crippen molar-refractivity contribution >= 4 is 18.1 Å². The van der Waals surface area contributed by atoms with Gasteiger partial charge < -0.3 is 24.1 Å². The van der Waals surface area contributed by atoms with Crippen LogP contribution in [-0.2, 0) is 28.5 Å². The maximum Gasteiger partial charge on any atom is 0.509 e. The number of aryl methyl sites for hydroxylation is 2. The van der Waals surface area contributed by atoms with Gasteiger partial charge in [0.25, 0.3) is 0 Å². The maximum atomic E-state index is 12.0. The van der Waals surface area contributed by atoms with Gasteiger partial charge in [0, 0.05) is 0 Å². The Morgan fingerprint density at radius 2 is 1.15 bits per heavy atom. The third-order valence-corrected chi connectivity index (χ3v) is 5.10. The number of hydrogen-bond donors (Lipinski definition) is 1. The van der Waals surface area contributed by atoms with Gasteiger partial charge in [-0.25, -0.2) is 14.4 Å². The van der Waals surface area contributed by atoms with Crippen molar-refractivity contribution in [1.29, 1.82) is 0 Å². The van der Waals surface area contributed by atoms with Crippen LogP contribution in [-0.4, -0.2) is 42.0 Å². The molecular formula is C33H48O8. The van der Waals surface area contributed by atoms with Crippen LogP contribution in [0.1, 0.15) is 83.9 Å². The van der Waals surface area contributed by atoms with E-state index in [2.05, 4.69) is 13.2 Å². The third-order valence-electron chi connectivity index (χ3n) is 5.10. The van der Waals surface area contributed by atoms with Gasteiger partial charge in [0.1, 0.15) is 11.7 Å². The molecule has 0 bridgehead atoms. The van der Waals surface area contributed by atoms with Gasteiger partial charge in [0.2, 0.25) is 0 Å². The molecule has 0 aliphatic heterocycles. The van der Waals surface area contributed by atoms with Gasteiger partial charge in [-0.2, -0.15) is 0 Å². The first kappa shape index (κ1) is 39.2. The first-order valence-corrected chi connectivity index (χ1v) is 12.6. The normalized spacial score (nSPS) is 11.5. The second-order valence-electron chi connectivity index (χ2n) is 9.68. The molecular weight excluding hydrogens is 524 g/mol. The van der Waals surface area contributed by atoms with Crippen LogP contribution < -0.4 is 0 Å². The molecule has 41 heavy (non-hydrogen) atoms. The maximum absolute atomic E-state index is 12.0. The lowest BCUT2D eigenvalue weighted by molar-refractivity contribution is -0.140. The number of aliphatic hydroxyl groups excluding tert-OH is 1. The van der Waals surface area contributed by atoms with E-state index < -0.39 is 35.9 Å². The molecule has 2 aromatic carbocycles. The molecule has 2 unspecified atom stereocenters. The summed E-state index contributed by atoms with van der Waals surface area (Å²) in [6.07, 6.45) is -2.82. The molecule has 0 aliphatic carbocycles. The standard InChI is InChI=1S/C18H24O5.C13H16O3.2CH4/c1-7-21-16(19)13(3)15(14-10-8-12(2)9-11-14)22-17(20)23-18(4,5)6;1-4-16-13(15)10(3)12(14)11-7-5-9(2)6-8-11;;/h8-11,15H,3,7H2,1-2,4-6H3;5-8,12,14H,3-4H2,1-2H3;2*1H4. The molecule has 0 aliphatic rings. The van der Waals surface area contributed by atoms with Crippen molar-refractivity contribution in [3.63, 3.8) is 0 Å². The number of aliphatic hydroxyl groups is 1. The Labute approximate surface area is 246 Å². The molecule has 228 valence electrons. The number of rotatable bonds is 9. The number of ether oxygens (including phenoxy) is 4. The van der Waals surface area contributed by atoms with E-state index in [0.717, 1.165) is 11.1 Å². The monoisotopic (exact) mass is 572 g/mol. The summed E-state index contributed by atoms with van der Waals surface area (Å²) in [6.45, 7) is 20.2. The lowest BCUT2D eigenvalue weighted by Crippen LogP contribution is -2.27. The van der Waals surface area contributed by atoms with Crippen LogP contribution >= 0.6 is 0 Å². The van der Waals surface area contributed by atoms with E-state index in [0.29, 0.717) is 11.1 Å². The Morgan fingerprint density at radius 1 is 0.756 bits per heavy atom. The van der Waals surface area contributed by atoms with Gasteiger partial charge in [-0.1, -0.05) is 87.7 Å². The molecule has 0 fully saturated rings. The SMILES string of the molecule is C.C.C=C(C(=O)OCC)C(O)c1ccc(C)cc1.C=C(C(=O)OCC)C(OC(=O)OC(C)(C)C)c1ccc(C)cc1. The fourth-order valence-corrected chi connectivity index (χ4v) is 3.07.